The molecule has 0 spiro atoms. The highest BCUT2D eigenvalue weighted by atomic mass is 35.5. The molecular weight excluding hydrogens is 198 g/mol. The summed E-state index contributed by atoms with van der Waals surface area (Å²) >= 11 is 6.16. The van der Waals surface area contributed by atoms with E-state index < -0.39 is 0 Å². The van der Waals surface area contributed by atoms with E-state index in [4.69, 9.17) is 16.3 Å². The molecule has 1 fully saturated rings. The zero-order chi connectivity index (χ0) is 10.4. The maximum atomic E-state index is 6.16. The van der Waals surface area contributed by atoms with Gasteiger partial charge in [0.05, 0.1) is 0 Å². The summed E-state index contributed by atoms with van der Waals surface area (Å²) < 4.78 is 5.32. The standard InChI is InChI=1S/C11H22ClNO/c1-3-14-8-4-6-13-7-5-11(12)10(2)9-13/h10-11H,3-9H2,1-2H3. The predicted molar refractivity (Wildman–Crippen MR) is 61.0 cm³/mol. The second-order valence-electron chi connectivity index (χ2n) is 4.13. The highest BCUT2D eigenvalue weighted by Gasteiger charge is 2.23. The van der Waals surface area contributed by atoms with E-state index in [0.29, 0.717) is 11.3 Å². The maximum absolute atomic E-state index is 6.16. The maximum Gasteiger partial charge on any atom is 0.0478 e. The van der Waals surface area contributed by atoms with Gasteiger partial charge >= 0.3 is 0 Å². The van der Waals surface area contributed by atoms with Crippen molar-refractivity contribution in [3.63, 3.8) is 0 Å². The van der Waals surface area contributed by atoms with Gasteiger partial charge in [-0.3, -0.25) is 0 Å². The lowest BCUT2D eigenvalue weighted by atomic mass is 9.99. The van der Waals surface area contributed by atoms with E-state index in [0.717, 1.165) is 45.7 Å². The summed E-state index contributed by atoms with van der Waals surface area (Å²) in [4.78, 5) is 2.50. The Balaban J connectivity index is 2.07. The summed E-state index contributed by atoms with van der Waals surface area (Å²) in [6.07, 6.45) is 2.28. The minimum Gasteiger partial charge on any atom is -0.382 e. The molecule has 0 aliphatic carbocycles. The molecule has 0 N–H and O–H groups in total. The number of hydrogen-bond acceptors (Lipinski definition) is 2. The molecule has 2 unspecified atom stereocenters. The van der Waals surface area contributed by atoms with E-state index in [1.165, 1.54) is 0 Å². The van der Waals surface area contributed by atoms with Crippen LogP contribution in [0.2, 0.25) is 0 Å². The van der Waals surface area contributed by atoms with E-state index in [2.05, 4.69) is 11.8 Å². The molecule has 0 radical (unpaired) electrons. The van der Waals surface area contributed by atoms with Gasteiger partial charge in [0.15, 0.2) is 0 Å². The molecule has 0 aromatic rings. The van der Waals surface area contributed by atoms with Crippen LogP contribution >= 0.6 is 11.6 Å². The quantitative estimate of drug-likeness (QED) is 0.520. The third-order valence-corrected chi connectivity index (χ3v) is 3.50. The fourth-order valence-electron chi connectivity index (χ4n) is 1.94. The number of ether oxygens (including phenoxy) is 1. The van der Waals surface area contributed by atoms with Crippen LogP contribution in [0.3, 0.4) is 0 Å². The van der Waals surface area contributed by atoms with Crippen LogP contribution in [0, 0.1) is 5.92 Å². The lowest BCUT2D eigenvalue weighted by molar-refractivity contribution is 0.120. The van der Waals surface area contributed by atoms with Crippen LogP contribution < -0.4 is 0 Å². The molecule has 1 heterocycles. The van der Waals surface area contributed by atoms with Gasteiger partial charge in [-0.25, -0.2) is 0 Å². The van der Waals surface area contributed by atoms with Gasteiger partial charge in [-0.2, -0.15) is 0 Å². The Morgan fingerprint density at radius 1 is 1.50 bits per heavy atom. The van der Waals surface area contributed by atoms with Gasteiger partial charge in [-0.05, 0) is 32.2 Å². The highest BCUT2D eigenvalue weighted by Crippen LogP contribution is 2.21. The topological polar surface area (TPSA) is 12.5 Å². The average molecular weight is 220 g/mol. The van der Waals surface area contributed by atoms with Crippen LogP contribution in [-0.4, -0.2) is 43.1 Å². The highest BCUT2D eigenvalue weighted by molar-refractivity contribution is 6.20. The molecule has 0 aromatic heterocycles. The third-order valence-electron chi connectivity index (χ3n) is 2.85. The minimum absolute atomic E-state index is 0.387. The zero-order valence-electron chi connectivity index (χ0n) is 9.34. The van der Waals surface area contributed by atoms with Crippen LogP contribution in [0.4, 0.5) is 0 Å². The van der Waals surface area contributed by atoms with Crippen LogP contribution in [0.1, 0.15) is 26.7 Å². The number of rotatable bonds is 5. The van der Waals surface area contributed by atoms with Crippen molar-refractivity contribution >= 4 is 11.6 Å². The van der Waals surface area contributed by atoms with Gasteiger partial charge in [-0.1, -0.05) is 6.92 Å². The molecule has 2 nitrogen and oxygen atoms in total. The van der Waals surface area contributed by atoms with Gasteiger partial charge in [0.25, 0.3) is 0 Å². The summed E-state index contributed by atoms with van der Waals surface area (Å²) in [7, 11) is 0. The van der Waals surface area contributed by atoms with E-state index in [1.54, 1.807) is 0 Å². The summed E-state index contributed by atoms with van der Waals surface area (Å²) in [6, 6.07) is 0. The van der Waals surface area contributed by atoms with Crippen molar-refractivity contribution in [2.24, 2.45) is 5.92 Å². The molecule has 1 aliphatic heterocycles. The Kier molecular flexibility index (Phi) is 5.83. The van der Waals surface area contributed by atoms with E-state index in [9.17, 15) is 0 Å². The molecule has 0 aromatic carbocycles. The molecule has 2 atom stereocenters. The fraction of sp³-hybridized carbons (Fsp3) is 1.00. The Bertz CT molecular complexity index is 154. The first-order valence-corrected chi connectivity index (χ1v) is 6.11. The number of hydrogen-bond donors (Lipinski definition) is 0. The second-order valence-corrected chi connectivity index (χ2v) is 4.69. The monoisotopic (exact) mass is 219 g/mol. The van der Waals surface area contributed by atoms with Crippen molar-refractivity contribution in [3.05, 3.63) is 0 Å². The van der Waals surface area contributed by atoms with Gasteiger partial charge in [0.2, 0.25) is 0 Å². The van der Waals surface area contributed by atoms with Crippen molar-refractivity contribution in [2.45, 2.75) is 32.1 Å². The third kappa shape index (κ3) is 4.16. The molecule has 1 saturated heterocycles. The molecule has 0 saturated carbocycles. The first-order valence-electron chi connectivity index (χ1n) is 5.68. The number of nitrogens with zero attached hydrogens (tertiary/aromatic N) is 1. The van der Waals surface area contributed by atoms with Crippen LogP contribution in [0.15, 0.2) is 0 Å². The lowest BCUT2D eigenvalue weighted by Crippen LogP contribution is -2.40. The first kappa shape index (κ1) is 12.3. The van der Waals surface area contributed by atoms with Gasteiger partial charge in [-0.15, -0.1) is 11.6 Å². The normalized spacial score (nSPS) is 29.4. The fourth-order valence-corrected chi connectivity index (χ4v) is 2.12. The zero-order valence-corrected chi connectivity index (χ0v) is 10.1. The summed E-state index contributed by atoms with van der Waals surface area (Å²) in [5, 5.41) is 0.387. The van der Waals surface area contributed by atoms with E-state index in [-0.39, 0.29) is 0 Å². The van der Waals surface area contributed by atoms with Crippen LogP contribution in [-0.2, 0) is 4.74 Å². The number of likely N-dealkylation sites (tertiary alicyclic amines) is 1. The second kappa shape index (κ2) is 6.65. The molecule has 14 heavy (non-hydrogen) atoms. The van der Waals surface area contributed by atoms with Crippen LogP contribution in [0.25, 0.3) is 0 Å². The minimum atomic E-state index is 0.387. The van der Waals surface area contributed by atoms with Gasteiger partial charge in [0.1, 0.15) is 0 Å². The average Bonchev–Trinajstić information content (AvgIpc) is 2.18. The Hall–Kier alpha value is 0.210. The van der Waals surface area contributed by atoms with Gasteiger partial charge in [0, 0.05) is 31.7 Å². The van der Waals surface area contributed by atoms with Crippen molar-refractivity contribution in [3.8, 4) is 0 Å². The van der Waals surface area contributed by atoms with Crippen LogP contribution in [0.5, 0.6) is 0 Å². The summed E-state index contributed by atoms with van der Waals surface area (Å²) in [6.45, 7) is 9.48. The van der Waals surface area contributed by atoms with Crippen molar-refractivity contribution < 1.29 is 4.74 Å². The number of halogens is 1. The van der Waals surface area contributed by atoms with E-state index in [1.807, 2.05) is 6.92 Å². The molecule has 0 bridgehead atoms. The number of alkyl halides is 1. The van der Waals surface area contributed by atoms with Crippen molar-refractivity contribution in [1.82, 2.24) is 4.90 Å². The van der Waals surface area contributed by atoms with Gasteiger partial charge < -0.3 is 9.64 Å². The lowest BCUT2D eigenvalue weighted by Gasteiger charge is -2.33. The molecule has 1 aliphatic rings. The van der Waals surface area contributed by atoms with Crippen molar-refractivity contribution in [2.75, 3.05) is 32.8 Å². The molecule has 1 rings (SSSR count). The first-order chi connectivity index (χ1) is 6.74. The van der Waals surface area contributed by atoms with Crippen molar-refractivity contribution in [1.29, 1.82) is 0 Å². The molecule has 3 heteroatoms. The Labute approximate surface area is 92.6 Å². The summed E-state index contributed by atoms with van der Waals surface area (Å²) in [5.74, 6) is 0.637. The Morgan fingerprint density at radius 2 is 2.29 bits per heavy atom. The van der Waals surface area contributed by atoms with E-state index >= 15 is 0 Å². The Morgan fingerprint density at radius 3 is 2.93 bits per heavy atom. The SMILES string of the molecule is CCOCCCN1CCC(Cl)C(C)C1. The molecular formula is C11H22ClNO. The number of piperidine rings is 1. The summed E-state index contributed by atoms with van der Waals surface area (Å²) in [5.41, 5.74) is 0. The largest absolute Gasteiger partial charge is 0.382 e. The predicted octanol–water partition coefficient (Wildman–Crippen LogP) is 2.36. The molecule has 0 amide bonds. The molecule has 84 valence electrons. The smallest absolute Gasteiger partial charge is 0.0478 e.